The van der Waals surface area contributed by atoms with Gasteiger partial charge in [0.1, 0.15) is 17.2 Å². The Bertz CT molecular complexity index is 878. The van der Waals surface area contributed by atoms with E-state index in [1.807, 2.05) is 30.3 Å². The lowest BCUT2D eigenvalue weighted by molar-refractivity contribution is 0.445. The van der Waals surface area contributed by atoms with E-state index in [9.17, 15) is 10.2 Å². The zero-order valence-electron chi connectivity index (χ0n) is 16.8. The Labute approximate surface area is 178 Å². The van der Waals surface area contributed by atoms with Crippen molar-refractivity contribution in [1.29, 1.82) is 0 Å². The van der Waals surface area contributed by atoms with Crippen molar-refractivity contribution in [2.24, 2.45) is 0 Å². The predicted molar refractivity (Wildman–Crippen MR) is 120 cm³/mol. The summed E-state index contributed by atoms with van der Waals surface area (Å²) in [5.74, 6) is 0.629. The van der Waals surface area contributed by atoms with Crippen LogP contribution in [0.4, 0.5) is 0 Å². The first kappa shape index (κ1) is 22.6. The number of benzene rings is 3. The van der Waals surface area contributed by atoms with E-state index in [2.05, 4.69) is 6.92 Å². The molecule has 0 aliphatic carbocycles. The summed E-state index contributed by atoms with van der Waals surface area (Å²) in [5, 5.41) is 28.9. The molecule has 0 atom stereocenters. The van der Waals surface area contributed by atoms with Crippen molar-refractivity contribution in [2.75, 3.05) is 0 Å². The fourth-order valence-electron chi connectivity index (χ4n) is 3.02. The Morgan fingerprint density at radius 2 is 1.48 bits per heavy atom. The van der Waals surface area contributed by atoms with Crippen LogP contribution in [-0.2, 0) is 12.8 Å². The largest absolute Gasteiger partial charge is 0.508 e. The van der Waals surface area contributed by atoms with Crippen molar-refractivity contribution in [3.63, 3.8) is 0 Å². The van der Waals surface area contributed by atoms with Gasteiger partial charge in [-0.3, -0.25) is 0 Å². The smallest absolute Gasteiger partial charge is 0.122 e. The molecule has 3 rings (SSSR count). The van der Waals surface area contributed by atoms with Crippen molar-refractivity contribution in [2.45, 2.75) is 45.4 Å². The monoisotopic (exact) mass is 412 g/mol. The molecule has 0 saturated heterocycles. The van der Waals surface area contributed by atoms with Gasteiger partial charge in [-0.2, -0.15) is 0 Å². The third-order valence-electron chi connectivity index (χ3n) is 4.65. The van der Waals surface area contributed by atoms with E-state index in [1.54, 1.807) is 30.3 Å². The van der Waals surface area contributed by atoms with Gasteiger partial charge >= 0.3 is 0 Å². The van der Waals surface area contributed by atoms with Gasteiger partial charge in [-0.1, -0.05) is 74.2 Å². The molecule has 0 saturated carbocycles. The molecule has 3 aromatic rings. The van der Waals surface area contributed by atoms with Gasteiger partial charge in [0.05, 0.1) is 0 Å². The van der Waals surface area contributed by atoms with E-state index in [-0.39, 0.29) is 11.5 Å². The Hall–Kier alpha value is -2.65. The van der Waals surface area contributed by atoms with Crippen molar-refractivity contribution in [3.05, 3.63) is 88.4 Å². The summed E-state index contributed by atoms with van der Waals surface area (Å²) >= 11 is 5.87. The standard InChI is InChI=1S/C13H11ClO.C12H18O2/c14-12-6-7-13(15)11(9-12)8-10-4-2-1-3-5-10;1-2-3-4-5-6-10-7-8-11(13)9-12(10)14/h1-7,9,15H,8H2;7-9,13-14H,2-6H2,1H3. The van der Waals surface area contributed by atoms with Gasteiger partial charge in [-0.15, -0.1) is 0 Å². The number of aryl methyl sites for hydroxylation is 1. The number of halogens is 1. The fraction of sp³-hybridized carbons (Fsp3) is 0.280. The first-order valence-electron chi connectivity index (χ1n) is 10.0. The lowest BCUT2D eigenvalue weighted by Gasteiger charge is -2.05. The lowest BCUT2D eigenvalue weighted by Crippen LogP contribution is -1.88. The molecule has 0 heterocycles. The molecule has 3 N–H and O–H groups in total. The van der Waals surface area contributed by atoms with Gasteiger partial charge in [-0.05, 0) is 53.8 Å². The van der Waals surface area contributed by atoms with Crippen LogP contribution in [0.3, 0.4) is 0 Å². The summed E-state index contributed by atoms with van der Waals surface area (Å²) in [6.45, 7) is 2.18. The quantitative estimate of drug-likeness (QED) is 0.371. The topological polar surface area (TPSA) is 60.7 Å². The van der Waals surface area contributed by atoms with E-state index in [1.165, 1.54) is 25.3 Å². The van der Waals surface area contributed by atoms with Crippen LogP contribution in [0.15, 0.2) is 66.7 Å². The van der Waals surface area contributed by atoms with E-state index >= 15 is 0 Å². The van der Waals surface area contributed by atoms with E-state index < -0.39 is 0 Å². The zero-order valence-corrected chi connectivity index (χ0v) is 17.6. The Morgan fingerprint density at radius 1 is 0.724 bits per heavy atom. The minimum atomic E-state index is 0.125. The number of rotatable bonds is 7. The number of unbranched alkanes of at least 4 members (excludes halogenated alkanes) is 3. The van der Waals surface area contributed by atoms with Crippen molar-refractivity contribution < 1.29 is 15.3 Å². The number of phenols is 3. The van der Waals surface area contributed by atoms with Crippen molar-refractivity contribution >= 4 is 11.6 Å². The molecule has 0 spiro atoms. The average molecular weight is 413 g/mol. The second-order valence-electron chi connectivity index (χ2n) is 7.06. The third-order valence-corrected chi connectivity index (χ3v) is 4.88. The summed E-state index contributed by atoms with van der Waals surface area (Å²) in [4.78, 5) is 0. The van der Waals surface area contributed by atoms with Crippen LogP contribution in [0.2, 0.25) is 5.02 Å². The van der Waals surface area contributed by atoms with Crippen LogP contribution in [0.1, 0.15) is 49.3 Å². The second kappa shape index (κ2) is 12.0. The third kappa shape index (κ3) is 8.08. The van der Waals surface area contributed by atoms with E-state index in [4.69, 9.17) is 16.7 Å². The Kier molecular flexibility index (Phi) is 9.39. The van der Waals surface area contributed by atoms with Gasteiger partial charge in [0, 0.05) is 17.5 Å². The maximum Gasteiger partial charge on any atom is 0.122 e. The number of aromatic hydroxyl groups is 3. The highest BCUT2D eigenvalue weighted by atomic mass is 35.5. The van der Waals surface area contributed by atoms with Gasteiger partial charge < -0.3 is 15.3 Å². The molecule has 29 heavy (non-hydrogen) atoms. The first-order chi connectivity index (χ1) is 14.0. The van der Waals surface area contributed by atoms with Crippen LogP contribution in [0.25, 0.3) is 0 Å². The number of hydrogen-bond donors (Lipinski definition) is 3. The van der Waals surface area contributed by atoms with E-state index in [0.717, 1.165) is 29.5 Å². The van der Waals surface area contributed by atoms with Crippen LogP contribution >= 0.6 is 11.6 Å². The zero-order chi connectivity index (χ0) is 21.1. The van der Waals surface area contributed by atoms with Crippen LogP contribution in [-0.4, -0.2) is 15.3 Å². The summed E-state index contributed by atoms with van der Waals surface area (Å²) < 4.78 is 0. The molecule has 0 unspecified atom stereocenters. The fourth-order valence-corrected chi connectivity index (χ4v) is 3.21. The van der Waals surface area contributed by atoms with Crippen molar-refractivity contribution in [3.8, 4) is 17.2 Å². The molecule has 4 heteroatoms. The number of hydrogen-bond acceptors (Lipinski definition) is 3. The SMILES string of the molecule is CCCCCCc1ccc(O)cc1O.Oc1ccc(Cl)cc1Cc1ccccc1. The maximum atomic E-state index is 9.64. The molecule has 3 aromatic carbocycles. The molecular formula is C25H29ClO3. The van der Waals surface area contributed by atoms with Gasteiger partial charge in [-0.25, -0.2) is 0 Å². The molecule has 0 amide bonds. The average Bonchev–Trinajstić information content (AvgIpc) is 2.71. The normalized spacial score (nSPS) is 10.3. The highest BCUT2D eigenvalue weighted by molar-refractivity contribution is 6.30. The molecule has 3 nitrogen and oxygen atoms in total. The molecule has 154 valence electrons. The summed E-state index contributed by atoms with van der Waals surface area (Å²) in [6, 6.07) is 19.9. The second-order valence-corrected chi connectivity index (χ2v) is 7.50. The summed E-state index contributed by atoms with van der Waals surface area (Å²) in [7, 11) is 0. The molecular weight excluding hydrogens is 384 g/mol. The van der Waals surface area contributed by atoms with Gasteiger partial charge in [0.25, 0.3) is 0 Å². The van der Waals surface area contributed by atoms with E-state index in [0.29, 0.717) is 17.2 Å². The molecule has 0 bridgehead atoms. The maximum absolute atomic E-state index is 9.64. The summed E-state index contributed by atoms with van der Waals surface area (Å²) in [6.07, 6.45) is 6.38. The highest BCUT2D eigenvalue weighted by Gasteiger charge is 2.03. The minimum Gasteiger partial charge on any atom is -0.508 e. The Morgan fingerprint density at radius 3 is 2.17 bits per heavy atom. The molecule has 0 aromatic heterocycles. The first-order valence-corrected chi connectivity index (χ1v) is 10.4. The minimum absolute atomic E-state index is 0.125. The van der Waals surface area contributed by atoms with Gasteiger partial charge in [0.15, 0.2) is 0 Å². The Balaban J connectivity index is 0.000000208. The van der Waals surface area contributed by atoms with Gasteiger partial charge in [0.2, 0.25) is 0 Å². The molecule has 0 radical (unpaired) electrons. The van der Waals surface area contributed by atoms with Crippen LogP contribution < -0.4 is 0 Å². The molecule has 0 aliphatic rings. The number of phenolic OH excluding ortho intramolecular Hbond substituents is 3. The van der Waals surface area contributed by atoms with Crippen molar-refractivity contribution in [1.82, 2.24) is 0 Å². The lowest BCUT2D eigenvalue weighted by atomic mass is 10.0. The predicted octanol–water partition coefficient (Wildman–Crippen LogP) is 6.86. The molecule has 0 fully saturated rings. The summed E-state index contributed by atoms with van der Waals surface area (Å²) in [5.41, 5.74) is 2.95. The van der Waals surface area contributed by atoms with Crippen LogP contribution in [0.5, 0.6) is 17.2 Å². The van der Waals surface area contributed by atoms with Crippen LogP contribution in [0, 0.1) is 0 Å². The highest BCUT2D eigenvalue weighted by Crippen LogP contribution is 2.25. The molecule has 0 aliphatic heterocycles.